The van der Waals surface area contributed by atoms with Crippen LogP contribution in [-0.4, -0.2) is 98.4 Å². The van der Waals surface area contributed by atoms with Gasteiger partial charge in [0, 0.05) is 52.2 Å². The van der Waals surface area contributed by atoms with E-state index in [0.29, 0.717) is 31.1 Å². The first-order valence-electron chi connectivity index (χ1n) is 11.4. The van der Waals surface area contributed by atoms with Crippen LogP contribution in [-0.2, 0) is 14.4 Å². The van der Waals surface area contributed by atoms with Crippen molar-refractivity contribution < 1.29 is 19.1 Å². The summed E-state index contributed by atoms with van der Waals surface area (Å²) in [6.07, 6.45) is 3.48. The van der Waals surface area contributed by atoms with Crippen LogP contribution in [0.2, 0.25) is 0 Å². The van der Waals surface area contributed by atoms with Gasteiger partial charge in [-0.1, -0.05) is 12.1 Å². The van der Waals surface area contributed by atoms with Crippen molar-refractivity contribution in [2.45, 2.75) is 25.7 Å². The number of piperidine rings is 1. The second-order valence-corrected chi connectivity index (χ2v) is 8.43. The number of carbonyl (C=O) groups is 3. The average molecular weight is 446 g/mol. The number of para-hydroxylation sites is 2. The maximum Gasteiger partial charge on any atom is 0.241 e. The number of piperazine rings is 1. The third-order valence-electron chi connectivity index (χ3n) is 6.15. The van der Waals surface area contributed by atoms with Crippen molar-refractivity contribution in [3.05, 3.63) is 24.3 Å². The van der Waals surface area contributed by atoms with E-state index in [1.165, 1.54) is 6.42 Å². The molecule has 3 rings (SSSR count). The fraction of sp³-hybridized carbons (Fsp3) is 0.609. The molecular formula is C23H35N5O4. The van der Waals surface area contributed by atoms with Crippen LogP contribution in [0, 0.1) is 0 Å². The lowest BCUT2D eigenvalue weighted by atomic mass is 10.1. The van der Waals surface area contributed by atoms with Crippen molar-refractivity contribution in [2.24, 2.45) is 5.73 Å². The number of benzene rings is 1. The van der Waals surface area contributed by atoms with E-state index in [1.54, 1.807) is 18.1 Å². The Kier molecular flexibility index (Phi) is 8.87. The topological polar surface area (TPSA) is 99.4 Å². The predicted octanol–water partition coefficient (Wildman–Crippen LogP) is 0.534. The van der Waals surface area contributed by atoms with Crippen LogP contribution in [0.1, 0.15) is 25.7 Å². The van der Waals surface area contributed by atoms with E-state index in [0.717, 1.165) is 39.0 Å². The number of ether oxygens (including phenoxy) is 1. The fourth-order valence-corrected chi connectivity index (χ4v) is 4.27. The first-order chi connectivity index (χ1) is 15.5. The van der Waals surface area contributed by atoms with E-state index in [4.69, 9.17) is 10.5 Å². The Bertz CT molecular complexity index is 788. The second kappa shape index (κ2) is 11.8. The molecule has 0 unspecified atom stereocenters. The van der Waals surface area contributed by atoms with Gasteiger partial charge in [0.1, 0.15) is 5.75 Å². The standard InChI is InChI=1S/C23H35N5O4/c1-32-20-8-4-3-7-19(20)28(12-9-21(24)29)23(31)18-26-15-13-25(14-16-26)17-22(30)27-10-5-2-6-11-27/h3-4,7-8H,2,5-6,9-18H2,1H3,(H2,24,29). The highest BCUT2D eigenvalue weighted by molar-refractivity contribution is 5.96. The Balaban J connectivity index is 1.54. The van der Waals surface area contributed by atoms with Crippen LogP contribution in [0.15, 0.2) is 24.3 Å². The highest BCUT2D eigenvalue weighted by Crippen LogP contribution is 2.28. The lowest BCUT2D eigenvalue weighted by Gasteiger charge is -2.36. The molecule has 0 aliphatic carbocycles. The molecule has 1 aromatic rings. The summed E-state index contributed by atoms with van der Waals surface area (Å²) in [7, 11) is 1.56. The number of carbonyl (C=O) groups excluding carboxylic acids is 3. The Morgan fingerprint density at radius 3 is 2.19 bits per heavy atom. The Labute approximate surface area is 190 Å². The number of hydrogen-bond donors (Lipinski definition) is 1. The Morgan fingerprint density at radius 1 is 0.938 bits per heavy atom. The van der Waals surface area contributed by atoms with Gasteiger partial charge >= 0.3 is 0 Å². The third-order valence-corrected chi connectivity index (χ3v) is 6.15. The lowest BCUT2D eigenvalue weighted by Crippen LogP contribution is -2.52. The largest absolute Gasteiger partial charge is 0.495 e. The zero-order chi connectivity index (χ0) is 22.9. The molecule has 0 saturated carbocycles. The maximum absolute atomic E-state index is 13.2. The molecule has 9 nitrogen and oxygen atoms in total. The van der Waals surface area contributed by atoms with Crippen molar-refractivity contribution in [3.8, 4) is 5.75 Å². The van der Waals surface area contributed by atoms with Gasteiger partial charge in [-0.15, -0.1) is 0 Å². The van der Waals surface area contributed by atoms with E-state index in [1.807, 2.05) is 23.1 Å². The molecule has 2 heterocycles. The monoisotopic (exact) mass is 445 g/mol. The highest BCUT2D eigenvalue weighted by atomic mass is 16.5. The number of nitrogens with two attached hydrogens (primary N) is 1. The molecule has 0 bridgehead atoms. The minimum Gasteiger partial charge on any atom is -0.495 e. The maximum atomic E-state index is 13.2. The number of rotatable bonds is 9. The summed E-state index contributed by atoms with van der Waals surface area (Å²) < 4.78 is 5.41. The summed E-state index contributed by atoms with van der Waals surface area (Å²) in [5.74, 6) is 0.229. The van der Waals surface area contributed by atoms with Gasteiger partial charge in [0.25, 0.3) is 0 Å². The van der Waals surface area contributed by atoms with Crippen molar-refractivity contribution in [2.75, 3.05) is 70.9 Å². The van der Waals surface area contributed by atoms with Crippen LogP contribution in [0.3, 0.4) is 0 Å². The van der Waals surface area contributed by atoms with Crippen LogP contribution < -0.4 is 15.4 Å². The van der Waals surface area contributed by atoms with Gasteiger partial charge in [0.2, 0.25) is 17.7 Å². The number of methoxy groups -OCH3 is 1. The molecule has 0 radical (unpaired) electrons. The smallest absolute Gasteiger partial charge is 0.241 e. The van der Waals surface area contributed by atoms with Crippen LogP contribution in [0.5, 0.6) is 5.75 Å². The fourth-order valence-electron chi connectivity index (χ4n) is 4.27. The normalized spacial score (nSPS) is 17.7. The minimum atomic E-state index is -0.454. The number of amides is 3. The van der Waals surface area contributed by atoms with Crippen LogP contribution in [0.4, 0.5) is 5.69 Å². The summed E-state index contributed by atoms with van der Waals surface area (Å²) in [6, 6.07) is 7.27. The average Bonchev–Trinajstić information content (AvgIpc) is 2.81. The molecule has 2 saturated heterocycles. The van der Waals surface area contributed by atoms with E-state index >= 15 is 0 Å². The molecule has 0 aromatic heterocycles. The number of anilines is 1. The number of hydrogen-bond acceptors (Lipinski definition) is 6. The van der Waals surface area contributed by atoms with Crippen LogP contribution in [0.25, 0.3) is 0 Å². The van der Waals surface area contributed by atoms with Gasteiger partial charge < -0.3 is 20.3 Å². The Morgan fingerprint density at radius 2 is 1.56 bits per heavy atom. The van der Waals surface area contributed by atoms with E-state index in [-0.39, 0.29) is 31.3 Å². The summed E-state index contributed by atoms with van der Waals surface area (Å²) in [5, 5.41) is 0. The molecule has 2 N–H and O–H groups in total. The minimum absolute atomic E-state index is 0.0795. The van der Waals surface area contributed by atoms with Gasteiger partial charge in [-0.25, -0.2) is 0 Å². The molecule has 2 aliphatic rings. The molecule has 3 amide bonds. The molecule has 2 fully saturated rings. The predicted molar refractivity (Wildman–Crippen MR) is 122 cm³/mol. The van der Waals surface area contributed by atoms with Crippen molar-refractivity contribution in [1.29, 1.82) is 0 Å². The second-order valence-electron chi connectivity index (χ2n) is 8.43. The van der Waals surface area contributed by atoms with Gasteiger partial charge in [-0.05, 0) is 31.4 Å². The van der Waals surface area contributed by atoms with Crippen molar-refractivity contribution in [1.82, 2.24) is 14.7 Å². The van der Waals surface area contributed by atoms with E-state index in [2.05, 4.69) is 9.80 Å². The van der Waals surface area contributed by atoms with Gasteiger partial charge in [0.05, 0.1) is 25.9 Å². The summed E-state index contributed by atoms with van der Waals surface area (Å²) in [6.45, 7) is 5.58. The van der Waals surface area contributed by atoms with Crippen molar-refractivity contribution >= 4 is 23.4 Å². The van der Waals surface area contributed by atoms with Crippen molar-refractivity contribution in [3.63, 3.8) is 0 Å². The first kappa shape index (κ1) is 24.0. The van der Waals surface area contributed by atoms with Gasteiger partial charge in [-0.2, -0.15) is 0 Å². The molecular weight excluding hydrogens is 410 g/mol. The summed E-state index contributed by atoms with van der Waals surface area (Å²) in [5.41, 5.74) is 5.96. The number of likely N-dealkylation sites (tertiary alicyclic amines) is 1. The molecule has 9 heteroatoms. The third kappa shape index (κ3) is 6.67. The SMILES string of the molecule is COc1ccccc1N(CCC(N)=O)C(=O)CN1CCN(CC(=O)N2CCCCC2)CC1. The Hall–Kier alpha value is -2.65. The molecule has 176 valence electrons. The zero-order valence-corrected chi connectivity index (χ0v) is 19.0. The molecule has 0 atom stereocenters. The zero-order valence-electron chi connectivity index (χ0n) is 19.0. The molecule has 1 aromatic carbocycles. The van der Waals surface area contributed by atoms with Gasteiger partial charge in [0.15, 0.2) is 0 Å². The van der Waals surface area contributed by atoms with E-state index < -0.39 is 5.91 Å². The van der Waals surface area contributed by atoms with Crippen LogP contribution >= 0.6 is 0 Å². The number of primary amides is 1. The first-order valence-corrected chi connectivity index (χ1v) is 11.4. The van der Waals surface area contributed by atoms with Gasteiger partial charge in [-0.3, -0.25) is 24.2 Å². The summed E-state index contributed by atoms with van der Waals surface area (Å²) in [4.78, 5) is 44.8. The van der Waals surface area contributed by atoms with E-state index in [9.17, 15) is 14.4 Å². The molecule has 2 aliphatic heterocycles. The molecule has 32 heavy (non-hydrogen) atoms. The highest BCUT2D eigenvalue weighted by Gasteiger charge is 2.26. The lowest BCUT2D eigenvalue weighted by molar-refractivity contribution is -0.134. The quantitative estimate of drug-likeness (QED) is 0.595. The molecule has 0 spiro atoms. The number of nitrogens with zero attached hydrogens (tertiary/aromatic N) is 4. The summed E-state index contributed by atoms with van der Waals surface area (Å²) >= 11 is 0.